The number of nitrogen functional groups attached to an aromatic ring is 1. The maximum Gasteiger partial charge on any atom is 0.335 e. The molecule has 3 N–H and O–H groups in total. The Balaban J connectivity index is 2.26. The molecule has 0 spiro atoms. The van der Waals surface area contributed by atoms with Gasteiger partial charge in [-0.05, 0) is 49.4 Å². The zero-order valence-electron chi connectivity index (χ0n) is 11.8. The van der Waals surface area contributed by atoms with Crippen LogP contribution in [-0.4, -0.2) is 20.6 Å². The molecular weight excluding hydrogens is 282 g/mol. The van der Waals surface area contributed by atoms with Crippen molar-refractivity contribution in [2.75, 3.05) is 5.73 Å². The number of aromatic carboxylic acids is 1. The summed E-state index contributed by atoms with van der Waals surface area (Å²) in [7, 11) is 0. The first kappa shape index (κ1) is 13.8. The lowest BCUT2D eigenvalue weighted by molar-refractivity contribution is 0.0697. The third-order valence-corrected chi connectivity index (χ3v) is 3.43. The van der Waals surface area contributed by atoms with Gasteiger partial charge in [-0.3, -0.25) is 9.36 Å². The summed E-state index contributed by atoms with van der Waals surface area (Å²) in [5.41, 5.74) is 7.28. The number of nitrogens with zero attached hydrogens (tertiary/aromatic N) is 2. The van der Waals surface area contributed by atoms with Gasteiger partial charge in [0.25, 0.3) is 5.56 Å². The molecule has 1 heterocycles. The fourth-order valence-electron chi connectivity index (χ4n) is 2.37. The summed E-state index contributed by atoms with van der Waals surface area (Å²) >= 11 is 0. The minimum absolute atomic E-state index is 0.160. The second kappa shape index (κ2) is 5.00. The van der Waals surface area contributed by atoms with E-state index in [1.807, 2.05) is 0 Å². The highest BCUT2D eigenvalue weighted by atomic mass is 16.4. The zero-order valence-corrected chi connectivity index (χ0v) is 11.8. The van der Waals surface area contributed by atoms with E-state index in [0.717, 1.165) is 0 Å². The Morgan fingerprint density at radius 3 is 2.50 bits per heavy atom. The topological polar surface area (TPSA) is 98.2 Å². The summed E-state index contributed by atoms with van der Waals surface area (Å²) in [4.78, 5) is 28.0. The molecule has 0 amide bonds. The van der Waals surface area contributed by atoms with Crippen LogP contribution in [0.4, 0.5) is 5.69 Å². The van der Waals surface area contributed by atoms with Gasteiger partial charge in [-0.25, -0.2) is 9.78 Å². The van der Waals surface area contributed by atoms with Gasteiger partial charge in [0.15, 0.2) is 0 Å². The average Bonchev–Trinajstić information content (AvgIpc) is 2.49. The summed E-state index contributed by atoms with van der Waals surface area (Å²) < 4.78 is 1.44. The highest BCUT2D eigenvalue weighted by Crippen LogP contribution is 2.15. The van der Waals surface area contributed by atoms with E-state index in [9.17, 15) is 9.59 Å². The van der Waals surface area contributed by atoms with Gasteiger partial charge in [0.05, 0.1) is 22.2 Å². The van der Waals surface area contributed by atoms with E-state index in [4.69, 9.17) is 10.8 Å². The number of aromatic nitrogens is 2. The van der Waals surface area contributed by atoms with Crippen molar-refractivity contribution in [3.05, 3.63) is 64.2 Å². The number of aryl methyl sites for hydroxylation is 1. The van der Waals surface area contributed by atoms with Gasteiger partial charge in [-0.1, -0.05) is 0 Å². The maximum atomic E-state index is 12.7. The van der Waals surface area contributed by atoms with Crippen LogP contribution >= 0.6 is 0 Å². The second-order valence-corrected chi connectivity index (χ2v) is 4.93. The summed E-state index contributed by atoms with van der Waals surface area (Å²) in [6, 6.07) is 11.1. The monoisotopic (exact) mass is 295 g/mol. The third kappa shape index (κ3) is 2.20. The van der Waals surface area contributed by atoms with Gasteiger partial charge < -0.3 is 10.8 Å². The fourth-order valence-corrected chi connectivity index (χ4v) is 2.37. The van der Waals surface area contributed by atoms with Crippen LogP contribution in [0.25, 0.3) is 16.6 Å². The van der Waals surface area contributed by atoms with E-state index in [2.05, 4.69) is 4.98 Å². The molecule has 0 radical (unpaired) electrons. The van der Waals surface area contributed by atoms with E-state index in [1.54, 1.807) is 37.3 Å². The summed E-state index contributed by atoms with van der Waals surface area (Å²) in [6.07, 6.45) is 0. The summed E-state index contributed by atoms with van der Waals surface area (Å²) in [5, 5.41) is 9.36. The molecule has 6 heteroatoms. The highest BCUT2D eigenvalue weighted by molar-refractivity contribution is 5.87. The Kier molecular flexibility index (Phi) is 3.14. The number of carbonyl (C=O) groups is 1. The number of carboxylic acids is 1. The molecule has 0 fully saturated rings. The van der Waals surface area contributed by atoms with E-state index < -0.39 is 5.97 Å². The van der Waals surface area contributed by atoms with Crippen molar-refractivity contribution in [3.8, 4) is 5.69 Å². The standard InChI is InChI=1S/C16H13N3O3/c1-9-18-14-7-4-11(17)8-13(14)15(20)19(9)12-5-2-10(3-6-12)16(21)22/h2-8H,17H2,1H3,(H,21,22). The Hall–Kier alpha value is -3.15. The highest BCUT2D eigenvalue weighted by Gasteiger charge is 2.11. The lowest BCUT2D eigenvalue weighted by Crippen LogP contribution is -2.22. The van der Waals surface area contributed by atoms with Crippen molar-refractivity contribution < 1.29 is 9.90 Å². The van der Waals surface area contributed by atoms with Crippen LogP contribution in [0.15, 0.2) is 47.3 Å². The molecule has 0 saturated carbocycles. The van der Waals surface area contributed by atoms with Crippen LogP contribution < -0.4 is 11.3 Å². The number of fused-ring (bicyclic) bond motifs is 1. The Bertz CT molecular complexity index is 943. The van der Waals surface area contributed by atoms with Crippen LogP contribution in [0.1, 0.15) is 16.2 Å². The lowest BCUT2D eigenvalue weighted by atomic mass is 10.2. The molecule has 0 aliphatic carbocycles. The lowest BCUT2D eigenvalue weighted by Gasteiger charge is -2.11. The Labute approximate surface area is 125 Å². The molecule has 0 aliphatic rings. The van der Waals surface area contributed by atoms with E-state index >= 15 is 0 Å². The van der Waals surface area contributed by atoms with Gasteiger partial charge in [-0.15, -0.1) is 0 Å². The number of anilines is 1. The van der Waals surface area contributed by atoms with Crippen LogP contribution in [0.2, 0.25) is 0 Å². The molecule has 6 nitrogen and oxygen atoms in total. The molecule has 0 saturated heterocycles. The van der Waals surface area contributed by atoms with Gasteiger partial charge in [0.2, 0.25) is 0 Å². The van der Waals surface area contributed by atoms with Gasteiger partial charge >= 0.3 is 5.97 Å². The first-order valence-corrected chi connectivity index (χ1v) is 6.60. The van der Waals surface area contributed by atoms with Crippen molar-refractivity contribution in [2.45, 2.75) is 6.92 Å². The Morgan fingerprint density at radius 1 is 1.18 bits per heavy atom. The molecule has 3 rings (SSSR count). The van der Waals surface area contributed by atoms with Crippen LogP contribution in [0.5, 0.6) is 0 Å². The fraction of sp³-hybridized carbons (Fsp3) is 0.0625. The number of hydrogen-bond donors (Lipinski definition) is 2. The van der Waals surface area contributed by atoms with Crippen LogP contribution in [-0.2, 0) is 0 Å². The second-order valence-electron chi connectivity index (χ2n) is 4.93. The third-order valence-electron chi connectivity index (χ3n) is 3.43. The van der Waals surface area contributed by atoms with Crippen molar-refractivity contribution in [3.63, 3.8) is 0 Å². The van der Waals surface area contributed by atoms with Gasteiger partial charge in [0, 0.05) is 5.69 Å². The molecule has 0 atom stereocenters. The quantitative estimate of drug-likeness (QED) is 0.704. The van der Waals surface area contributed by atoms with Gasteiger partial charge in [0.1, 0.15) is 5.82 Å². The first-order valence-electron chi connectivity index (χ1n) is 6.60. The molecule has 3 aromatic rings. The van der Waals surface area contributed by atoms with E-state index in [-0.39, 0.29) is 11.1 Å². The number of rotatable bonds is 2. The molecule has 1 aromatic heterocycles. The average molecular weight is 295 g/mol. The largest absolute Gasteiger partial charge is 0.478 e. The van der Waals surface area contributed by atoms with Crippen LogP contribution in [0, 0.1) is 6.92 Å². The predicted octanol–water partition coefficient (Wildman–Crippen LogP) is 1.97. The van der Waals surface area contributed by atoms with Crippen LogP contribution in [0.3, 0.4) is 0 Å². The first-order chi connectivity index (χ1) is 10.5. The van der Waals surface area contributed by atoms with E-state index in [0.29, 0.717) is 28.1 Å². The SMILES string of the molecule is Cc1nc2ccc(N)cc2c(=O)n1-c1ccc(C(=O)O)cc1. The predicted molar refractivity (Wildman–Crippen MR) is 83.4 cm³/mol. The summed E-state index contributed by atoms with van der Waals surface area (Å²) in [6.45, 7) is 1.72. The molecule has 2 aromatic carbocycles. The molecule has 0 bridgehead atoms. The molecular formula is C16H13N3O3. The van der Waals surface area contributed by atoms with Crippen molar-refractivity contribution in [2.24, 2.45) is 0 Å². The van der Waals surface area contributed by atoms with Crippen molar-refractivity contribution >= 4 is 22.6 Å². The zero-order chi connectivity index (χ0) is 15.9. The minimum Gasteiger partial charge on any atom is -0.478 e. The summed E-state index contributed by atoms with van der Waals surface area (Å²) in [5.74, 6) is -0.495. The van der Waals surface area contributed by atoms with Crippen molar-refractivity contribution in [1.82, 2.24) is 9.55 Å². The molecule has 110 valence electrons. The molecule has 22 heavy (non-hydrogen) atoms. The smallest absolute Gasteiger partial charge is 0.335 e. The van der Waals surface area contributed by atoms with E-state index in [1.165, 1.54) is 16.7 Å². The number of benzene rings is 2. The van der Waals surface area contributed by atoms with Crippen molar-refractivity contribution in [1.29, 1.82) is 0 Å². The van der Waals surface area contributed by atoms with Gasteiger partial charge in [-0.2, -0.15) is 0 Å². The molecule has 0 unspecified atom stereocenters. The maximum absolute atomic E-state index is 12.7. The Morgan fingerprint density at radius 2 is 1.86 bits per heavy atom. The number of hydrogen-bond acceptors (Lipinski definition) is 4. The molecule has 0 aliphatic heterocycles. The number of nitrogens with two attached hydrogens (primary N) is 1. The normalized spacial score (nSPS) is 10.8. The minimum atomic E-state index is -1.01. The number of carboxylic acid groups (broad SMARTS) is 1.